The van der Waals surface area contributed by atoms with Crippen molar-refractivity contribution in [1.82, 2.24) is 9.88 Å². The van der Waals surface area contributed by atoms with Crippen molar-refractivity contribution in [3.63, 3.8) is 0 Å². The smallest absolute Gasteiger partial charge is 0.241 e. The number of aromatic nitrogens is 1. The zero-order valence-corrected chi connectivity index (χ0v) is 18.7. The van der Waals surface area contributed by atoms with Crippen LogP contribution in [-0.4, -0.2) is 48.0 Å². The minimum absolute atomic E-state index is 0.00349. The predicted molar refractivity (Wildman–Crippen MR) is 127 cm³/mol. The van der Waals surface area contributed by atoms with Crippen LogP contribution in [0.4, 0.5) is 15.8 Å². The second kappa shape index (κ2) is 8.68. The maximum Gasteiger partial charge on any atom is 0.241 e. The first-order chi connectivity index (χ1) is 15.5. The summed E-state index contributed by atoms with van der Waals surface area (Å²) < 4.78 is 13.9. The molecular weight excluding hydrogens is 427 g/mol. The summed E-state index contributed by atoms with van der Waals surface area (Å²) >= 11 is 5.93. The average Bonchev–Trinajstić information content (AvgIpc) is 3.22. The highest BCUT2D eigenvalue weighted by Crippen LogP contribution is 2.37. The molecule has 3 unspecified atom stereocenters. The molecule has 1 N–H and O–H groups in total. The summed E-state index contributed by atoms with van der Waals surface area (Å²) in [5, 5.41) is 4.50. The van der Waals surface area contributed by atoms with Crippen molar-refractivity contribution in [1.29, 1.82) is 0 Å². The zero-order valence-electron chi connectivity index (χ0n) is 18.0. The molecule has 2 saturated heterocycles. The van der Waals surface area contributed by atoms with Gasteiger partial charge in [0.15, 0.2) is 0 Å². The van der Waals surface area contributed by atoms with Gasteiger partial charge < -0.3 is 10.2 Å². The third-order valence-corrected chi connectivity index (χ3v) is 7.14. The molecule has 2 aliphatic rings. The van der Waals surface area contributed by atoms with E-state index in [1.807, 2.05) is 25.1 Å². The van der Waals surface area contributed by atoms with Gasteiger partial charge >= 0.3 is 0 Å². The molecule has 5 rings (SSSR count). The lowest BCUT2D eigenvalue weighted by molar-refractivity contribution is -0.121. The van der Waals surface area contributed by atoms with Crippen LogP contribution in [0.15, 0.2) is 54.7 Å². The number of fused-ring (bicyclic) bond motifs is 2. The maximum absolute atomic E-state index is 13.9. The van der Waals surface area contributed by atoms with Crippen molar-refractivity contribution in [3.05, 3.63) is 65.6 Å². The minimum Gasteiger partial charge on any atom is -0.370 e. The van der Waals surface area contributed by atoms with Crippen molar-refractivity contribution in [2.75, 3.05) is 36.4 Å². The quantitative estimate of drug-likeness (QED) is 0.617. The predicted octanol–water partition coefficient (Wildman–Crippen LogP) is 4.81. The number of rotatable bonds is 4. The van der Waals surface area contributed by atoms with Gasteiger partial charge in [0.25, 0.3) is 0 Å². The van der Waals surface area contributed by atoms with Crippen LogP contribution in [0.5, 0.6) is 0 Å². The Labute approximate surface area is 192 Å². The molecule has 2 aromatic carbocycles. The van der Waals surface area contributed by atoms with Crippen molar-refractivity contribution in [3.8, 4) is 0 Å². The monoisotopic (exact) mass is 452 g/mol. The number of likely N-dealkylation sites (tertiary alicyclic amines) is 1. The molecular formula is C25H26ClFN4O. The molecule has 0 radical (unpaired) electrons. The Morgan fingerprint density at radius 2 is 1.91 bits per heavy atom. The zero-order chi connectivity index (χ0) is 22.2. The molecule has 0 bridgehead atoms. The van der Waals surface area contributed by atoms with E-state index in [0.717, 1.165) is 54.9 Å². The fourth-order valence-electron chi connectivity index (χ4n) is 5.07. The van der Waals surface area contributed by atoms with E-state index in [-0.39, 0.29) is 17.8 Å². The Morgan fingerprint density at radius 1 is 1.12 bits per heavy atom. The van der Waals surface area contributed by atoms with Gasteiger partial charge in [0.2, 0.25) is 5.91 Å². The van der Waals surface area contributed by atoms with Gasteiger partial charge in [-0.2, -0.15) is 0 Å². The Bertz CT molecular complexity index is 1140. The van der Waals surface area contributed by atoms with Crippen molar-refractivity contribution >= 4 is 39.8 Å². The molecule has 166 valence electrons. The molecule has 7 heteroatoms. The number of nitrogens with zero attached hydrogens (tertiary/aromatic N) is 3. The van der Waals surface area contributed by atoms with E-state index in [9.17, 15) is 9.18 Å². The van der Waals surface area contributed by atoms with Crippen LogP contribution in [0.3, 0.4) is 0 Å². The number of carbonyl (C=O) groups excluding carboxylic acids is 1. The Kier molecular flexibility index (Phi) is 5.74. The molecule has 2 fully saturated rings. The van der Waals surface area contributed by atoms with Gasteiger partial charge in [0, 0.05) is 47.6 Å². The molecule has 2 aliphatic heterocycles. The average molecular weight is 453 g/mol. The third-order valence-electron chi connectivity index (χ3n) is 6.89. The second-order valence-corrected chi connectivity index (χ2v) is 9.31. The number of carbonyl (C=O) groups is 1. The van der Waals surface area contributed by atoms with Crippen LogP contribution in [0.2, 0.25) is 5.02 Å². The van der Waals surface area contributed by atoms with E-state index in [4.69, 9.17) is 11.6 Å². The van der Waals surface area contributed by atoms with Crippen molar-refractivity contribution < 1.29 is 9.18 Å². The summed E-state index contributed by atoms with van der Waals surface area (Å²) in [7, 11) is 0. The molecule has 5 nitrogen and oxygen atoms in total. The molecule has 0 aliphatic carbocycles. The van der Waals surface area contributed by atoms with Crippen LogP contribution < -0.4 is 10.2 Å². The van der Waals surface area contributed by atoms with Crippen LogP contribution in [0.25, 0.3) is 10.9 Å². The minimum atomic E-state index is -0.241. The van der Waals surface area contributed by atoms with Crippen molar-refractivity contribution in [2.45, 2.75) is 19.4 Å². The number of hydrogen-bond donors (Lipinski definition) is 1. The SMILES string of the molecule is CC(C(=O)Nc1ccc(Cl)cc1)N1CCC2CN(c3ccnc4ccc(F)cc34)CC2C1. The molecule has 1 aromatic heterocycles. The summed E-state index contributed by atoms with van der Waals surface area (Å²) in [6, 6.07) is 13.7. The van der Waals surface area contributed by atoms with E-state index in [2.05, 4.69) is 20.1 Å². The summed E-state index contributed by atoms with van der Waals surface area (Å²) in [5.74, 6) is 0.812. The summed E-state index contributed by atoms with van der Waals surface area (Å²) in [6.45, 7) is 5.61. The van der Waals surface area contributed by atoms with Gasteiger partial charge in [0.05, 0.1) is 11.6 Å². The number of nitrogens with one attached hydrogen (secondary N) is 1. The highest BCUT2D eigenvalue weighted by molar-refractivity contribution is 6.30. The molecule has 3 heterocycles. The van der Waals surface area contributed by atoms with Gasteiger partial charge in [-0.1, -0.05) is 11.6 Å². The van der Waals surface area contributed by atoms with E-state index in [1.54, 1.807) is 30.5 Å². The fraction of sp³-hybridized carbons (Fsp3) is 0.360. The van der Waals surface area contributed by atoms with E-state index < -0.39 is 0 Å². The topological polar surface area (TPSA) is 48.5 Å². The Hall–Kier alpha value is -2.70. The number of hydrogen-bond acceptors (Lipinski definition) is 4. The maximum atomic E-state index is 13.9. The summed E-state index contributed by atoms with van der Waals surface area (Å²) in [5.41, 5.74) is 2.61. The van der Waals surface area contributed by atoms with E-state index in [1.165, 1.54) is 6.07 Å². The molecule has 0 saturated carbocycles. The first-order valence-corrected chi connectivity index (χ1v) is 11.5. The van der Waals surface area contributed by atoms with Gasteiger partial charge in [-0.25, -0.2) is 4.39 Å². The lowest BCUT2D eigenvalue weighted by Gasteiger charge is -2.37. The van der Waals surface area contributed by atoms with Gasteiger partial charge in [-0.15, -0.1) is 0 Å². The number of benzene rings is 2. The van der Waals surface area contributed by atoms with Crippen LogP contribution in [-0.2, 0) is 4.79 Å². The first kappa shape index (κ1) is 21.2. The van der Waals surface area contributed by atoms with Gasteiger partial charge in [0.1, 0.15) is 5.82 Å². The van der Waals surface area contributed by atoms with E-state index >= 15 is 0 Å². The number of halogens is 2. The van der Waals surface area contributed by atoms with Crippen LogP contribution in [0, 0.1) is 17.7 Å². The molecule has 3 aromatic rings. The Balaban J connectivity index is 1.26. The molecule has 3 atom stereocenters. The lowest BCUT2D eigenvalue weighted by atomic mass is 9.88. The summed E-state index contributed by atoms with van der Waals surface area (Å²) in [6.07, 6.45) is 2.85. The largest absolute Gasteiger partial charge is 0.370 e. The Morgan fingerprint density at radius 3 is 2.72 bits per heavy atom. The summed E-state index contributed by atoms with van der Waals surface area (Å²) in [4.78, 5) is 21.8. The van der Waals surface area contributed by atoms with Crippen LogP contribution >= 0.6 is 11.6 Å². The normalized spacial score (nSPS) is 22.0. The third kappa shape index (κ3) is 4.17. The molecule has 32 heavy (non-hydrogen) atoms. The highest BCUT2D eigenvalue weighted by atomic mass is 35.5. The number of piperidine rings is 1. The number of amides is 1. The number of pyridine rings is 1. The number of anilines is 2. The van der Waals surface area contributed by atoms with Crippen molar-refractivity contribution in [2.24, 2.45) is 11.8 Å². The van der Waals surface area contributed by atoms with E-state index in [0.29, 0.717) is 16.9 Å². The lowest BCUT2D eigenvalue weighted by Crippen LogP contribution is -2.49. The first-order valence-electron chi connectivity index (χ1n) is 11.1. The molecule has 0 spiro atoms. The molecule has 1 amide bonds. The van der Waals surface area contributed by atoms with Crippen LogP contribution in [0.1, 0.15) is 13.3 Å². The van der Waals surface area contributed by atoms with Gasteiger partial charge in [-0.3, -0.25) is 14.7 Å². The highest BCUT2D eigenvalue weighted by Gasteiger charge is 2.39. The standard InChI is InChI=1S/C25H26ClFN4O/c1-16(25(32)29-21-5-2-19(26)3-6-21)30-11-9-17-13-31(15-18(17)14-30)24-8-10-28-23-7-4-20(27)12-22(23)24/h2-8,10,12,16-18H,9,11,13-15H2,1H3,(H,29,32). The second-order valence-electron chi connectivity index (χ2n) is 8.87. The fourth-order valence-corrected chi connectivity index (χ4v) is 5.20. The van der Waals surface area contributed by atoms with Gasteiger partial charge in [-0.05, 0) is 80.3 Å².